The molecule has 0 fully saturated rings. The zero-order chi connectivity index (χ0) is 10.2. The summed E-state index contributed by atoms with van der Waals surface area (Å²) in [5.41, 5.74) is 5.03. The smallest absolute Gasteiger partial charge is 0.223 e. The molecule has 0 aromatic heterocycles. The maximum Gasteiger partial charge on any atom is 0.223 e. The van der Waals surface area contributed by atoms with E-state index in [2.05, 4.69) is 0 Å². The summed E-state index contributed by atoms with van der Waals surface area (Å²) in [6.45, 7) is 10.0. The van der Waals surface area contributed by atoms with Crippen LogP contribution in [0.25, 0.3) is 0 Å². The Hall–Kier alpha value is -0.530. The summed E-state index contributed by atoms with van der Waals surface area (Å²) in [5.74, 6) is -0.153. The average Bonchev–Trinajstić information content (AvgIpc) is 2.11. The summed E-state index contributed by atoms with van der Waals surface area (Å²) < 4.78 is 0. The molecule has 0 rings (SSSR count). The minimum Gasteiger partial charge on any atom is -0.369 e. The van der Waals surface area contributed by atoms with Gasteiger partial charge in [-0.1, -0.05) is 34.6 Å². The van der Waals surface area contributed by atoms with Crippen molar-refractivity contribution < 1.29 is 4.79 Å². The van der Waals surface area contributed by atoms with Crippen LogP contribution in [0.3, 0.4) is 0 Å². The van der Waals surface area contributed by atoms with Crippen LogP contribution in [0.5, 0.6) is 0 Å². The van der Waals surface area contributed by atoms with Gasteiger partial charge in [0.05, 0.1) is 0 Å². The number of primary amides is 1. The van der Waals surface area contributed by atoms with E-state index in [1.807, 2.05) is 34.6 Å². The van der Waals surface area contributed by atoms with Crippen LogP contribution in [0.15, 0.2) is 0 Å². The van der Waals surface area contributed by atoms with E-state index in [1.165, 1.54) is 0 Å². The van der Waals surface area contributed by atoms with Gasteiger partial charge in [-0.3, -0.25) is 4.79 Å². The molecule has 2 heteroatoms. The van der Waals surface area contributed by atoms with Gasteiger partial charge in [-0.05, 0) is 19.3 Å². The molecule has 0 aliphatic heterocycles. The largest absolute Gasteiger partial charge is 0.369 e. The van der Waals surface area contributed by atoms with E-state index < -0.39 is 0 Å². The summed E-state index contributed by atoms with van der Waals surface area (Å²) in [6, 6.07) is 0. The first-order chi connectivity index (χ1) is 5.63. The highest BCUT2D eigenvalue weighted by Gasteiger charge is 2.29. The Kier molecular flexibility index (Phi) is 8.34. The monoisotopic (exact) mass is 173 g/mol. The molecule has 0 atom stereocenters. The van der Waals surface area contributed by atoms with Gasteiger partial charge in [0.15, 0.2) is 0 Å². The number of nitrogens with two attached hydrogens (primary N) is 1. The third kappa shape index (κ3) is 3.24. The predicted molar refractivity (Wildman–Crippen MR) is 53.8 cm³/mol. The first kappa shape index (κ1) is 14.0. The van der Waals surface area contributed by atoms with Crippen LogP contribution in [0.1, 0.15) is 53.9 Å². The molecule has 2 N–H and O–H groups in total. The second-order valence-electron chi connectivity index (χ2n) is 2.71. The van der Waals surface area contributed by atoms with E-state index in [-0.39, 0.29) is 11.3 Å². The van der Waals surface area contributed by atoms with Crippen LogP contribution in [-0.2, 0) is 4.79 Å². The number of rotatable bonds is 4. The Morgan fingerprint density at radius 3 is 1.33 bits per heavy atom. The lowest BCUT2D eigenvalue weighted by molar-refractivity contribution is -0.128. The summed E-state index contributed by atoms with van der Waals surface area (Å²) in [6.07, 6.45) is 2.57. The highest BCUT2D eigenvalue weighted by atomic mass is 16.1. The zero-order valence-corrected chi connectivity index (χ0v) is 9.11. The van der Waals surface area contributed by atoms with Crippen LogP contribution in [0, 0.1) is 5.41 Å². The van der Waals surface area contributed by atoms with Crippen LogP contribution in [0.4, 0.5) is 0 Å². The summed E-state index contributed by atoms with van der Waals surface area (Å²) in [5, 5.41) is 0. The van der Waals surface area contributed by atoms with Gasteiger partial charge in [-0.2, -0.15) is 0 Å². The lowest BCUT2D eigenvalue weighted by Crippen LogP contribution is -2.35. The van der Waals surface area contributed by atoms with Gasteiger partial charge in [-0.15, -0.1) is 0 Å². The van der Waals surface area contributed by atoms with Gasteiger partial charge in [-0.25, -0.2) is 0 Å². The number of carbonyl (C=O) groups is 1. The molecule has 1 amide bonds. The molecular formula is C10H23NO. The highest BCUT2D eigenvalue weighted by Crippen LogP contribution is 2.29. The minimum absolute atomic E-state index is 0.153. The molecule has 2 nitrogen and oxygen atoms in total. The normalized spacial score (nSPS) is 10.1. The minimum atomic E-state index is -0.236. The highest BCUT2D eigenvalue weighted by molar-refractivity contribution is 5.80. The zero-order valence-electron chi connectivity index (χ0n) is 9.11. The van der Waals surface area contributed by atoms with E-state index in [0.717, 1.165) is 19.3 Å². The molecule has 0 saturated carbocycles. The Morgan fingerprint density at radius 2 is 1.33 bits per heavy atom. The van der Waals surface area contributed by atoms with Gasteiger partial charge >= 0.3 is 0 Å². The van der Waals surface area contributed by atoms with Crippen LogP contribution < -0.4 is 5.73 Å². The van der Waals surface area contributed by atoms with Gasteiger partial charge in [0.1, 0.15) is 0 Å². The van der Waals surface area contributed by atoms with Crippen molar-refractivity contribution in [3.8, 4) is 0 Å². The third-order valence-electron chi connectivity index (χ3n) is 2.55. The van der Waals surface area contributed by atoms with E-state index >= 15 is 0 Å². The van der Waals surface area contributed by atoms with Crippen LogP contribution in [0.2, 0.25) is 0 Å². The fraction of sp³-hybridized carbons (Fsp3) is 0.900. The van der Waals surface area contributed by atoms with E-state index in [9.17, 15) is 4.79 Å². The average molecular weight is 173 g/mol. The topological polar surface area (TPSA) is 43.1 Å². The quantitative estimate of drug-likeness (QED) is 0.698. The lowest BCUT2D eigenvalue weighted by atomic mass is 9.79. The lowest BCUT2D eigenvalue weighted by Gasteiger charge is -2.25. The van der Waals surface area contributed by atoms with Gasteiger partial charge in [0.2, 0.25) is 5.91 Å². The Morgan fingerprint density at radius 1 is 1.08 bits per heavy atom. The van der Waals surface area contributed by atoms with Crippen molar-refractivity contribution in [3.63, 3.8) is 0 Å². The molecule has 0 aliphatic carbocycles. The van der Waals surface area contributed by atoms with Crippen LogP contribution >= 0.6 is 0 Å². The second-order valence-corrected chi connectivity index (χ2v) is 2.71. The van der Waals surface area contributed by atoms with E-state index in [0.29, 0.717) is 0 Å². The molecule has 0 aromatic carbocycles. The number of hydrogen-bond acceptors (Lipinski definition) is 1. The molecule has 0 spiro atoms. The predicted octanol–water partition coefficient (Wildman–Crippen LogP) is 2.71. The number of amides is 1. The van der Waals surface area contributed by atoms with Crippen molar-refractivity contribution in [1.29, 1.82) is 0 Å². The summed E-state index contributed by atoms with van der Waals surface area (Å²) in [4.78, 5) is 10.9. The molecule has 12 heavy (non-hydrogen) atoms. The molecule has 0 bridgehead atoms. The van der Waals surface area contributed by atoms with Gasteiger partial charge in [0, 0.05) is 5.41 Å². The van der Waals surface area contributed by atoms with Crippen molar-refractivity contribution in [2.45, 2.75) is 53.9 Å². The molecule has 0 radical (unpaired) electrons. The second kappa shape index (κ2) is 7.14. The standard InChI is InChI=1S/C8H17NO.C2H6/c1-4-8(5-2,6-3)7(9)10;1-2/h4-6H2,1-3H3,(H2,9,10);1-2H3. The third-order valence-corrected chi connectivity index (χ3v) is 2.55. The van der Waals surface area contributed by atoms with Crippen LogP contribution in [-0.4, -0.2) is 5.91 Å². The van der Waals surface area contributed by atoms with Crippen molar-refractivity contribution in [3.05, 3.63) is 0 Å². The summed E-state index contributed by atoms with van der Waals surface area (Å²) >= 11 is 0. The maximum atomic E-state index is 10.9. The molecule has 74 valence electrons. The fourth-order valence-electron chi connectivity index (χ4n) is 1.27. The van der Waals surface area contributed by atoms with Crippen molar-refractivity contribution in [2.75, 3.05) is 0 Å². The number of hydrogen-bond donors (Lipinski definition) is 1. The SMILES string of the molecule is CC.CCC(CC)(CC)C(N)=O. The molecular weight excluding hydrogens is 150 g/mol. The Labute approximate surface area is 76.5 Å². The Balaban J connectivity index is 0. The van der Waals surface area contributed by atoms with Crippen molar-refractivity contribution in [2.24, 2.45) is 11.1 Å². The first-order valence-corrected chi connectivity index (χ1v) is 4.92. The molecule has 0 saturated heterocycles. The van der Waals surface area contributed by atoms with E-state index in [4.69, 9.17) is 5.73 Å². The first-order valence-electron chi connectivity index (χ1n) is 4.92. The molecule has 0 heterocycles. The fourth-order valence-corrected chi connectivity index (χ4v) is 1.27. The molecule has 0 aromatic rings. The summed E-state index contributed by atoms with van der Waals surface area (Å²) in [7, 11) is 0. The van der Waals surface area contributed by atoms with Gasteiger partial charge in [0.25, 0.3) is 0 Å². The van der Waals surface area contributed by atoms with E-state index in [1.54, 1.807) is 0 Å². The van der Waals surface area contributed by atoms with Crippen molar-refractivity contribution >= 4 is 5.91 Å². The molecule has 0 aliphatic rings. The molecule has 0 unspecified atom stereocenters. The van der Waals surface area contributed by atoms with Gasteiger partial charge < -0.3 is 5.73 Å². The maximum absolute atomic E-state index is 10.9. The van der Waals surface area contributed by atoms with Crippen molar-refractivity contribution in [1.82, 2.24) is 0 Å². The number of carbonyl (C=O) groups excluding carboxylic acids is 1. The Bertz CT molecular complexity index is 109.